The van der Waals surface area contributed by atoms with Crippen LogP contribution in [0.15, 0.2) is 120 Å². The van der Waals surface area contributed by atoms with Crippen molar-refractivity contribution in [1.29, 1.82) is 0 Å². The zero-order valence-electron chi connectivity index (χ0n) is 27.7. The van der Waals surface area contributed by atoms with E-state index in [1.807, 2.05) is 85.1 Å². The zero-order valence-corrected chi connectivity index (χ0v) is 29.3. The summed E-state index contributed by atoms with van der Waals surface area (Å²) in [5.41, 5.74) is 3.39. The summed E-state index contributed by atoms with van der Waals surface area (Å²) in [7, 11) is 0. The lowest BCUT2D eigenvalue weighted by Crippen LogP contribution is -2.44. The molecule has 50 heavy (non-hydrogen) atoms. The van der Waals surface area contributed by atoms with Gasteiger partial charge in [0.15, 0.2) is 5.60 Å². The fourth-order valence-electron chi connectivity index (χ4n) is 6.52. The Labute approximate surface area is 299 Å². The van der Waals surface area contributed by atoms with Gasteiger partial charge in [0.05, 0.1) is 25.3 Å². The van der Waals surface area contributed by atoms with Gasteiger partial charge in [0.1, 0.15) is 0 Å². The minimum atomic E-state index is -1.88. The van der Waals surface area contributed by atoms with Crippen LogP contribution in [0.4, 0.5) is 11.4 Å². The van der Waals surface area contributed by atoms with Crippen LogP contribution in [-0.2, 0) is 39.5 Å². The van der Waals surface area contributed by atoms with Gasteiger partial charge in [-0.3, -0.25) is 14.4 Å². The third kappa shape index (κ3) is 7.42. The molecule has 4 N–H and O–H groups in total. The molecule has 0 bridgehead atoms. The number of aromatic nitrogens is 1. The molecule has 0 saturated carbocycles. The van der Waals surface area contributed by atoms with Gasteiger partial charge in [0.25, 0.3) is 5.91 Å². The fraction of sp³-hybridized carbons (Fsp3) is 0.225. The van der Waals surface area contributed by atoms with Crippen LogP contribution in [0.1, 0.15) is 35.6 Å². The number of carbonyl (C=O) groups is 3. The van der Waals surface area contributed by atoms with Crippen LogP contribution in [0.2, 0.25) is 0 Å². The molecule has 10 heteroatoms. The number of carbonyl (C=O) groups excluding carboxylic acids is 3. The molecule has 3 amide bonds. The average Bonchev–Trinajstić information content (AvgIpc) is 3.61. The van der Waals surface area contributed by atoms with E-state index in [2.05, 4.69) is 26.2 Å². The number of aliphatic hydroxyl groups excluding tert-OH is 1. The molecule has 0 unspecified atom stereocenters. The number of H-pyrrole nitrogens is 1. The molecule has 0 radical (unpaired) electrons. The summed E-state index contributed by atoms with van der Waals surface area (Å²) < 4.78 is 0.719. The normalized spacial score (nSPS) is 16.2. The number of nitrogens with zero attached hydrogens (tertiary/aromatic N) is 2. The third-order valence-electron chi connectivity index (χ3n) is 9.12. The van der Waals surface area contributed by atoms with Crippen LogP contribution in [0.3, 0.4) is 0 Å². The SMILES string of the molecule is C[C@H](/C=C/CC(=O)N(CCO)Cc1ccccc1)[C@@]1(O)C(=O)N(Cc2cccc(NC(=O)Cc3c[nH]c4ccccc34)c2)c2ccc(Br)cc21. The summed E-state index contributed by atoms with van der Waals surface area (Å²) in [5.74, 6) is -1.48. The van der Waals surface area contributed by atoms with Gasteiger partial charge < -0.3 is 30.3 Å². The van der Waals surface area contributed by atoms with E-state index < -0.39 is 17.4 Å². The summed E-state index contributed by atoms with van der Waals surface area (Å²) >= 11 is 3.50. The Bertz CT molecular complexity index is 2040. The molecule has 0 saturated heterocycles. The number of benzene rings is 4. The van der Waals surface area contributed by atoms with Crippen molar-refractivity contribution in [2.24, 2.45) is 5.92 Å². The number of hydrogen-bond acceptors (Lipinski definition) is 5. The van der Waals surface area contributed by atoms with Crippen LogP contribution >= 0.6 is 15.9 Å². The molecule has 6 rings (SSSR count). The summed E-state index contributed by atoms with van der Waals surface area (Å²) in [5, 5.41) is 25.7. The number of aliphatic hydroxyl groups is 2. The van der Waals surface area contributed by atoms with E-state index >= 15 is 0 Å². The molecular weight excluding hydrogens is 696 g/mol. The smallest absolute Gasteiger partial charge is 0.264 e. The van der Waals surface area contributed by atoms with Gasteiger partial charge in [-0.15, -0.1) is 0 Å². The first-order valence-corrected chi connectivity index (χ1v) is 17.3. The van der Waals surface area contributed by atoms with Gasteiger partial charge in [-0.1, -0.05) is 95.7 Å². The van der Waals surface area contributed by atoms with Crippen molar-refractivity contribution in [2.45, 2.75) is 38.5 Å². The predicted octanol–water partition coefficient (Wildman–Crippen LogP) is 6.45. The van der Waals surface area contributed by atoms with E-state index in [-0.39, 0.29) is 44.4 Å². The zero-order chi connectivity index (χ0) is 35.3. The number of fused-ring (bicyclic) bond motifs is 2. The maximum atomic E-state index is 14.1. The standard InChI is InChI=1S/C40H39BrN4O5/c1-27(9-7-16-38(48)44(19-20-46)25-28-10-3-2-4-11-28)40(50)34-23-31(41)17-18-36(34)45(39(40)49)26-29-12-8-13-32(21-29)43-37(47)22-30-24-42-35-15-6-5-14-33(30)35/h2-15,17-18,21,23-24,27,42,46,50H,16,19-20,22,25-26H2,1H3,(H,43,47)/b9-7+/t27-,40+/m1/s1. The van der Waals surface area contributed by atoms with Crippen LogP contribution in [0, 0.1) is 5.92 Å². The van der Waals surface area contributed by atoms with Crippen molar-refractivity contribution in [3.8, 4) is 0 Å². The van der Waals surface area contributed by atoms with Crippen molar-refractivity contribution in [3.05, 3.63) is 142 Å². The topological polar surface area (TPSA) is 126 Å². The van der Waals surface area contributed by atoms with Crippen molar-refractivity contribution < 1.29 is 24.6 Å². The first-order chi connectivity index (χ1) is 24.2. The Morgan fingerprint density at radius 1 is 1.00 bits per heavy atom. The Hall–Kier alpha value is -5.03. The molecule has 1 aliphatic rings. The van der Waals surface area contributed by atoms with Gasteiger partial charge in [-0.25, -0.2) is 0 Å². The second kappa shape index (κ2) is 15.2. The lowest BCUT2D eigenvalue weighted by molar-refractivity contribution is -0.139. The predicted molar refractivity (Wildman–Crippen MR) is 198 cm³/mol. The Balaban J connectivity index is 1.15. The number of anilines is 2. The summed E-state index contributed by atoms with van der Waals surface area (Å²) in [4.78, 5) is 46.6. The molecule has 4 aromatic carbocycles. The largest absolute Gasteiger partial charge is 0.395 e. The fourth-order valence-corrected chi connectivity index (χ4v) is 6.88. The Kier molecular flexibility index (Phi) is 10.6. The number of aromatic amines is 1. The second-order valence-corrected chi connectivity index (χ2v) is 13.5. The number of para-hydroxylation sites is 1. The van der Waals surface area contributed by atoms with Crippen molar-refractivity contribution >= 4 is 55.9 Å². The van der Waals surface area contributed by atoms with Crippen molar-refractivity contribution in [3.63, 3.8) is 0 Å². The number of hydrogen-bond donors (Lipinski definition) is 4. The Morgan fingerprint density at radius 2 is 1.76 bits per heavy atom. The van der Waals surface area contributed by atoms with Gasteiger partial charge in [0.2, 0.25) is 11.8 Å². The van der Waals surface area contributed by atoms with E-state index in [4.69, 9.17) is 0 Å². The molecule has 0 fully saturated rings. The highest BCUT2D eigenvalue weighted by Gasteiger charge is 2.52. The van der Waals surface area contributed by atoms with Gasteiger partial charge in [-0.2, -0.15) is 0 Å². The average molecular weight is 736 g/mol. The second-order valence-electron chi connectivity index (χ2n) is 12.5. The van der Waals surface area contributed by atoms with E-state index in [1.165, 1.54) is 0 Å². The molecule has 2 atom stereocenters. The van der Waals surface area contributed by atoms with E-state index in [0.717, 1.165) is 32.1 Å². The molecule has 256 valence electrons. The molecule has 0 spiro atoms. The summed E-state index contributed by atoms with van der Waals surface area (Å²) in [6.45, 7) is 2.34. The van der Waals surface area contributed by atoms with Crippen molar-refractivity contribution in [2.75, 3.05) is 23.4 Å². The minimum absolute atomic E-state index is 0.0509. The summed E-state index contributed by atoms with van der Waals surface area (Å²) in [6.07, 6.45) is 5.49. The lowest BCUT2D eigenvalue weighted by atomic mass is 9.83. The highest BCUT2D eigenvalue weighted by molar-refractivity contribution is 9.10. The number of rotatable bonds is 13. The number of nitrogens with one attached hydrogen (secondary N) is 2. The summed E-state index contributed by atoms with van der Waals surface area (Å²) in [6, 6.07) is 30.1. The maximum Gasteiger partial charge on any atom is 0.264 e. The monoisotopic (exact) mass is 734 g/mol. The first-order valence-electron chi connectivity index (χ1n) is 16.5. The molecule has 9 nitrogen and oxygen atoms in total. The first kappa shape index (κ1) is 34.8. The minimum Gasteiger partial charge on any atom is -0.395 e. The Morgan fingerprint density at radius 3 is 2.56 bits per heavy atom. The quantitative estimate of drug-likeness (QED) is 0.104. The van der Waals surface area contributed by atoms with Crippen LogP contribution in [0.25, 0.3) is 10.9 Å². The molecule has 1 aliphatic heterocycles. The maximum absolute atomic E-state index is 14.1. The van der Waals surface area contributed by atoms with E-state index in [9.17, 15) is 24.6 Å². The number of halogens is 1. The van der Waals surface area contributed by atoms with Gasteiger partial charge in [-0.05, 0) is 53.1 Å². The molecular formula is C40H39BrN4O5. The molecule has 5 aromatic rings. The number of amides is 3. The van der Waals surface area contributed by atoms with Gasteiger partial charge in [0, 0.05) is 58.3 Å². The van der Waals surface area contributed by atoms with Crippen LogP contribution in [-0.4, -0.2) is 51.0 Å². The van der Waals surface area contributed by atoms with Crippen molar-refractivity contribution in [1.82, 2.24) is 9.88 Å². The molecule has 0 aliphatic carbocycles. The highest BCUT2D eigenvalue weighted by Crippen LogP contribution is 2.46. The molecule has 1 aromatic heterocycles. The third-order valence-corrected chi connectivity index (χ3v) is 9.62. The highest BCUT2D eigenvalue weighted by atomic mass is 79.9. The lowest BCUT2D eigenvalue weighted by Gasteiger charge is -2.28. The van der Waals surface area contributed by atoms with E-state index in [0.29, 0.717) is 23.5 Å². The van der Waals surface area contributed by atoms with Crippen LogP contribution in [0.5, 0.6) is 0 Å². The van der Waals surface area contributed by atoms with E-state index in [1.54, 1.807) is 47.1 Å². The van der Waals surface area contributed by atoms with Crippen LogP contribution < -0.4 is 10.2 Å². The van der Waals surface area contributed by atoms with Gasteiger partial charge >= 0.3 is 0 Å². The molecule has 2 heterocycles.